The molecular weight excluding hydrogens is 496 g/mol. The number of nitrogens with zero attached hydrogens (tertiary/aromatic N) is 3. The standard InChI is InChI=1S/C24H32N8O6/c25-18-12-16(22(26)33)14-20(38-9-3-6-31-7-10-37-11-8-31)21(18)28-4-1-2-5-29-24-19(32(35)36)13-17(15-30-24)23(27)34/h1-2,12-15,28H,3-11,25H2,(H2,26,33)(H2,27,34)(H,29,30)/b2-1+. The number of ether oxygens (including phenoxy) is 2. The number of hydrogen-bond acceptors (Lipinski definition) is 11. The third kappa shape index (κ3) is 8.04. The van der Waals surface area contributed by atoms with E-state index in [1.54, 1.807) is 18.2 Å². The molecule has 38 heavy (non-hydrogen) atoms. The molecule has 1 fully saturated rings. The fourth-order valence-electron chi connectivity index (χ4n) is 3.72. The summed E-state index contributed by atoms with van der Waals surface area (Å²) in [6, 6.07) is 4.11. The van der Waals surface area contributed by atoms with Crippen molar-refractivity contribution in [2.45, 2.75) is 6.42 Å². The molecule has 1 aromatic carbocycles. The zero-order valence-corrected chi connectivity index (χ0v) is 20.9. The van der Waals surface area contributed by atoms with Gasteiger partial charge in [0.05, 0.1) is 36.0 Å². The predicted octanol–water partition coefficient (Wildman–Crippen LogP) is 0.951. The summed E-state index contributed by atoms with van der Waals surface area (Å²) in [6.45, 7) is 5.10. The van der Waals surface area contributed by atoms with E-state index in [1.165, 1.54) is 12.3 Å². The van der Waals surface area contributed by atoms with E-state index in [1.807, 2.05) is 0 Å². The molecule has 1 aromatic heterocycles. The summed E-state index contributed by atoms with van der Waals surface area (Å²) >= 11 is 0. The number of anilines is 3. The van der Waals surface area contributed by atoms with Crippen LogP contribution in [0.4, 0.5) is 22.9 Å². The number of primary amides is 2. The highest BCUT2D eigenvalue weighted by molar-refractivity contribution is 5.96. The molecule has 0 atom stereocenters. The molecule has 0 aliphatic carbocycles. The normalized spacial score (nSPS) is 13.8. The van der Waals surface area contributed by atoms with Crippen molar-refractivity contribution in [2.75, 3.05) is 68.9 Å². The number of hydrogen-bond donors (Lipinski definition) is 5. The van der Waals surface area contributed by atoms with Gasteiger partial charge in [-0.05, 0) is 18.6 Å². The molecule has 2 aromatic rings. The van der Waals surface area contributed by atoms with Crippen molar-refractivity contribution in [2.24, 2.45) is 11.5 Å². The van der Waals surface area contributed by atoms with Crippen LogP contribution in [0, 0.1) is 10.1 Å². The van der Waals surface area contributed by atoms with E-state index in [0.717, 1.165) is 45.3 Å². The zero-order valence-electron chi connectivity index (χ0n) is 20.9. The topological polar surface area (TPSA) is 214 Å². The Morgan fingerprint density at radius 1 is 1.11 bits per heavy atom. The van der Waals surface area contributed by atoms with Gasteiger partial charge >= 0.3 is 5.69 Å². The Kier molecular flexibility index (Phi) is 10.2. The van der Waals surface area contributed by atoms with Crippen LogP contribution in [0.3, 0.4) is 0 Å². The number of carbonyl (C=O) groups excluding carboxylic acids is 2. The molecular formula is C24H32N8O6. The monoisotopic (exact) mass is 528 g/mol. The molecule has 14 heteroatoms. The summed E-state index contributed by atoms with van der Waals surface area (Å²) in [7, 11) is 0. The third-order valence-corrected chi connectivity index (χ3v) is 5.70. The molecule has 0 unspecified atom stereocenters. The fourth-order valence-corrected chi connectivity index (χ4v) is 3.72. The van der Waals surface area contributed by atoms with Crippen LogP contribution in [-0.4, -0.2) is 79.2 Å². The van der Waals surface area contributed by atoms with E-state index in [-0.39, 0.29) is 29.2 Å². The molecule has 0 saturated carbocycles. The van der Waals surface area contributed by atoms with Crippen molar-refractivity contribution in [1.82, 2.24) is 9.88 Å². The van der Waals surface area contributed by atoms with Gasteiger partial charge in [0.15, 0.2) is 0 Å². The number of morpholine rings is 1. The van der Waals surface area contributed by atoms with E-state index in [9.17, 15) is 19.7 Å². The average molecular weight is 529 g/mol. The van der Waals surface area contributed by atoms with Crippen LogP contribution in [0.15, 0.2) is 36.5 Å². The molecule has 204 valence electrons. The predicted molar refractivity (Wildman–Crippen MR) is 142 cm³/mol. The highest BCUT2D eigenvalue weighted by Crippen LogP contribution is 2.32. The van der Waals surface area contributed by atoms with Crippen molar-refractivity contribution < 1.29 is 24.0 Å². The van der Waals surface area contributed by atoms with Crippen molar-refractivity contribution >= 4 is 34.7 Å². The first-order chi connectivity index (χ1) is 18.3. The van der Waals surface area contributed by atoms with Crippen LogP contribution in [0.5, 0.6) is 5.75 Å². The van der Waals surface area contributed by atoms with Crippen molar-refractivity contribution in [1.29, 1.82) is 0 Å². The van der Waals surface area contributed by atoms with Gasteiger partial charge in [-0.15, -0.1) is 0 Å². The summed E-state index contributed by atoms with van der Waals surface area (Å²) < 4.78 is 11.3. The number of nitro groups is 1. The number of nitrogen functional groups attached to an aromatic ring is 1. The van der Waals surface area contributed by atoms with Crippen LogP contribution < -0.4 is 32.6 Å². The number of pyridine rings is 1. The van der Waals surface area contributed by atoms with Gasteiger partial charge in [-0.25, -0.2) is 4.98 Å². The molecule has 8 N–H and O–H groups in total. The SMILES string of the molecule is NC(=O)c1cc(N)c(NC/C=C/CNc2ncc(C(N)=O)cc2[N+](=O)[O-])c(OCCCN2CCOCC2)c1. The third-order valence-electron chi connectivity index (χ3n) is 5.70. The van der Waals surface area contributed by atoms with Gasteiger partial charge in [0.2, 0.25) is 11.7 Å². The highest BCUT2D eigenvalue weighted by Gasteiger charge is 2.18. The summed E-state index contributed by atoms with van der Waals surface area (Å²) in [5, 5.41) is 17.3. The first-order valence-corrected chi connectivity index (χ1v) is 12.0. The molecule has 0 spiro atoms. The summed E-state index contributed by atoms with van der Waals surface area (Å²) in [5.74, 6) is -0.987. The second-order valence-electron chi connectivity index (χ2n) is 8.41. The zero-order chi connectivity index (χ0) is 27.5. The van der Waals surface area contributed by atoms with Gasteiger partial charge in [0.1, 0.15) is 11.4 Å². The Labute approximate surface area is 219 Å². The number of rotatable bonds is 14. The van der Waals surface area contributed by atoms with Gasteiger partial charge in [0, 0.05) is 50.6 Å². The molecule has 1 aliphatic heterocycles. The van der Waals surface area contributed by atoms with Crippen LogP contribution >= 0.6 is 0 Å². The molecule has 1 aliphatic rings. The minimum Gasteiger partial charge on any atom is -0.491 e. The van der Waals surface area contributed by atoms with E-state index < -0.39 is 16.7 Å². The lowest BCUT2D eigenvalue weighted by Crippen LogP contribution is -2.37. The maximum atomic E-state index is 11.7. The molecule has 0 radical (unpaired) electrons. The first-order valence-electron chi connectivity index (χ1n) is 12.0. The van der Waals surface area contributed by atoms with Crippen molar-refractivity contribution in [3.8, 4) is 5.75 Å². The van der Waals surface area contributed by atoms with Gasteiger partial charge in [-0.2, -0.15) is 0 Å². The van der Waals surface area contributed by atoms with Gasteiger partial charge in [-0.1, -0.05) is 12.2 Å². The Morgan fingerprint density at radius 3 is 2.45 bits per heavy atom. The number of aromatic nitrogens is 1. The lowest BCUT2D eigenvalue weighted by atomic mass is 10.1. The first kappa shape index (κ1) is 28.1. The van der Waals surface area contributed by atoms with E-state index in [0.29, 0.717) is 30.3 Å². The molecule has 14 nitrogen and oxygen atoms in total. The minimum atomic E-state index is -0.804. The summed E-state index contributed by atoms with van der Waals surface area (Å²) in [5.41, 5.74) is 17.4. The van der Waals surface area contributed by atoms with Crippen molar-refractivity contribution in [3.05, 3.63) is 57.8 Å². The summed E-state index contributed by atoms with van der Waals surface area (Å²) in [4.78, 5) is 39.8. The lowest BCUT2D eigenvalue weighted by molar-refractivity contribution is -0.384. The minimum absolute atomic E-state index is 0.0108. The number of carbonyl (C=O) groups is 2. The molecule has 2 amide bonds. The second kappa shape index (κ2) is 13.8. The van der Waals surface area contributed by atoms with E-state index in [2.05, 4.69) is 20.5 Å². The lowest BCUT2D eigenvalue weighted by Gasteiger charge is -2.26. The number of nitrogens with two attached hydrogens (primary N) is 3. The Hall–Kier alpha value is -4.43. The van der Waals surface area contributed by atoms with Crippen molar-refractivity contribution in [3.63, 3.8) is 0 Å². The maximum Gasteiger partial charge on any atom is 0.312 e. The number of nitrogens with one attached hydrogen (secondary N) is 2. The van der Waals surface area contributed by atoms with Crippen LogP contribution in [0.25, 0.3) is 0 Å². The second-order valence-corrected chi connectivity index (χ2v) is 8.41. The van der Waals surface area contributed by atoms with E-state index in [4.69, 9.17) is 26.7 Å². The van der Waals surface area contributed by atoms with E-state index >= 15 is 0 Å². The Morgan fingerprint density at radius 2 is 1.79 bits per heavy atom. The Bertz CT molecular complexity index is 1180. The fraction of sp³-hybridized carbons (Fsp3) is 0.375. The molecule has 2 heterocycles. The quantitative estimate of drug-likeness (QED) is 0.0765. The van der Waals surface area contributed by atoms with Gasteiger partial charge in [-0.3, -0.25) is 24.6 Å². The van der Waals surface area contributed by atoms with Crippen LogP contribution in [0.2, 0.25) is 0 Å². The molecule has 1 saturated heterocycles. The smallest absolute Gasteiger partial charge is 0.312 e. The maximum absolute atomic E-state index is 11.7. The summed E-state index contributed by atoms with van der Waals surface area (Å²) in [6.07, 6.45) is 5.47. The molecule has 0 bridgehead atoms. The van der Waals surface area contributed by atoms with Crippen LogP contribution in [-0.2, 0) is 4.74 Å². The average Bonchev–Trinajstić information content (AvgIpc) is 2.89. The largest absolute Gasteiger partial charge is 0.491 e. The molecule has 3 rings (SSSR count). The number of amides is 2. The number of benzene rings is 1. The van der Waals surface area contributed by atoms with Gasteiger partial charge < -0.3 is 37.3 Å². The Balaban J connectivity index is 1.56. The highest BCUT2D eigenvalue weighted by atomic mass is 16.6. The van der Waals surface area contributed by atoms with Gasteiger partial charge in [0.25, 0.3) is 5.91 Å². The van der Waals surface area contributed by atoms with Crippen LogP contribution in [0.1, 0.15) is 27.1 Å².